The SMILES string of the molecule is CC1CCC(Nc2ncc(C(=O)NCc3cccc4ccccc34)c(C3(c4ccccc4)CCCC3)n2)CC1. The summed E-state index contributed by atoms with van der Waals surface area (Å²) in [7, 11) is 0. The number of hydrogen-bond acceptors (Lipinski definition) is 4. The normalized spacial score (nSPS) is 20.5. The molecular weight excluding hydrogens is 480 g/mol. The van der Waals surface area contributed by atoms with Gasteiger partial charge in [0.25, 0.3) is 5.91 Å². The van der Waals surface area contributed by atoms with Gasteiger partial charge in [-0.2, -0.15) is 0 Å². The number of fused-ring (bicyclic) bond motifs is 1. The quantitative estimate of drug-likeness (QED) is 0.267. The molecule has 5 nitrogen and oxygen atoms in total. The minimum atomic E-state index is -0.284. The summed E-state index contributed by atoms with van der Waals surface area (Å²) in [5.74, 6) is 1.32. The van der Waals surface area contributed by atoms with Crippen molar-refractivity contribution >= 4 is 22.6 Å². The molecule has 1 aromatic heterocycles. The molecular formula is C34H38N4O. The average Bonchev–Trinajstić information content (AvgIpc) is 3.49. The van der Waals surface area contributed by atoms with Crippen LogP contribution in [0.25, 0.3) is 10.8 Å². The molecule has 0 bridgehead atoms. The summed E-state index contributed by atoms with van der Waals surface area (Å²) < 4.78 is 0. The maximum Gasteiger partial charge on any atom is 0.255 e. The van der Waals surface area contributed by atoms with Gasteiger partial charge in [0.15, 0.2) is 0 Å². The Balaban J connectivity index is 1.34. The molecule has 2 saturated carbocycles. The fourth-order valence-electron chi connectivity index (χ4n) is 6.68. The Labute approximate surface area is 231 Å². The monoisotopic (exact) mass is 518 g/mol. The largest absolute Gasteiger partial charge is 0.351 e. The molecule has 200 valence electrons. The van der Waals surface area contributed by atoms with Crippen molar-refractivity contribution in [2.75, 3.05) is 5.32 Å². The van der Waals surface area contributed by atoms with Gasteiger partial charge in [-0.1, -0.05) is 92.6 Å². The Morgan fingerprint density at radius 1 is 0.897 bits per heavy atom. The smallest absolute Gasteiger partial charge is 0.255 e. The molecule has 2 aliphatic carbocycles. The van der Waals surface area contributed by atoms with Crippen LogP contribution in [0.2, 0.25) is 0 Å². The van der Waals surface area contributed by atoms with Gasteiger partial charge in [0, 0.05) is 24.2 Å². The Morgan fingerprint density at radius 2 is 1.62 bits per heavy atom. The van der Waals surface area contributed by atoms with Gasteiger partial charge in [-0.15, -0.1) is 0 Å². The van der Waals surface area contributed by atoms with E-state index in [2.05, 4.69) is 72.2 Å². The fraction of sp³-hybridized carbons (Fsp3) is 0.382. The summed E-state index contributed by atoms with van der Waals surface area (Å²) in [5.41, 5.74) is 3.51. The van der Waals surface area contributed by atoms with Crippen molar-refractivity contribution in [1.82, 2.24) is 15.3 Å². The first kappa shape index (κ1) is 25.5. The van der Waals surface area contributed by atoms with Crippen LogP contribution in [-0.2, 0) is 12.0 Å². The number of nitrogens with one attached hydrogen (secondary N) is 2. The first-order valence-corrected chi connectivity index (χ1v) is 14.6. The lowest BCUT2D eigenvalue weighted by molar-refractivity contribution is 0.0948. The third-order valence-electron chi connectivity index (χ3n) is 8.94. The van der Waals surface area contributed by atoms with Crippen LogP contribution in [0.15, 0.2) is 79.0 Å². The number of rotatable bonds is 7. The number of nitrogens with zero attached hydrogens (tertiary/aromatic N) is 2. The first-order chi connectivity index (χ1) is 19.1. The maximum absolute atomic E-state index is 13.8. The predicted octanol–water partition coefficient (Wildman–Crippen LogP) is 7.41. The number of carbonyl (C=O) groups is 1. The molecule has 39 heavy (non-hydrogen) atoms. The molecule has 0 saturated heterocycles. The number of anilines is 1. The van der Waals surface area contributed by atoms with E-state index in [-0.39, 0.29) is 11.3 Å². The van der Waals surface area contributed by atoms with Gasteiger partial charge in [-0.25, -0.2) is 9.97 Å². The van der Waals surface area contributed by atoms with Crippen LogP contribution in [0, 0.1) is 5.92 Å². The molecule has 1 amide bonds. The molecule has 0 atom stereocenters. The molecule has 2 fully saturated rings. The van der Waals surface area contributed by atoms with Crippen LogP contribution in [-0.4, -0.2) is 21.9 Å². The fourth-order valence-corrected chi connectivity index (χ4v) is 6.68. The summed E-state index contributed by atoms with van der Waals surface area (Å²) >= 11 is 0. The highest BCUT2D eigenvalue weighted by Crippen LogP contribution is 2.47. The summed E-state index contributed by atoms with van der Waals surface area (Å²) in [5, 5.41) is 9.17. The molecule has 6 rings (SSSR count). The zero-order valence-corrected chi connectivity index (χ0v) is 22.8. The van der Waals surface area contributed by atoms with Gasteiger partial charge in [0.2, 0.25) is 5.95 Å². The van der Waals surface area contributed by atoms with Crippen molar-refractivity contribution in [2.45, 2.75) is 76.3 Å². The van der Waals surface area contributed by atoms with E-state index >= 15 is 0 Å². The van der Waals surface area contributed by atoms with Gasteiger partial charge < -0.3 is 10.6 Å². The van der Waals surface area contributed by atoms with Crippen LogP contribution in [0.5, 0.6) is 0 Å². The van der Waals surface area contributed by atoms with Crippen LogP contribution >= 0.6 is 0 Å². The molecule has 4 aromatic rings. The van der Waals surface area contributed by atoms with Crippen LogP contribution in [0.1, 0.15) is 85.5 Å². The molecule has 5 heteroatoms. The number of benzene rings is 3. The second-order valence-corrected chi connectivity index (χ2v) is 11.5. The van der Waals surface area contributed by atoms with Crippen LogP contribution < -0.4 is 10.6 Å². The number of amides is 1. The topological polar surface area (TPSA) is 66.9 Å². The van der Waals surface area contributed by atoms with Crippen molar-refractivity contribution in [3.63, 3.8) is 0 Å². The van der Waals surface area contributed by atoms with Gasteiger partial charge in [0.1, 0.15) is 0 Å². The predicted molar refractivity (Wildman–Crippen MR) is 158 cm³/mol. The van der Waals surface area contributed by atoms with Crippen LogP contribution in [0.3, 0.4) is 0 Å². The van der Waals surface area contributed by atoms with Gasteiger partial charge in [0.05, 0.1) is 11.3 Å². The summed E-state index contributed by atoms with van der Waals surface area (Å²) in [6.07, 6.45) is 10.7. The third kappa shape index (κ3) is 5.27. The Kier molecular flexibility index (Phi) is 7.32. The lowest BCUT2D eigenvalue weighted by atomic mass is 9.74. The Hall–Kier alpha value is -3.73. The molecule has 0 aliphatic heterocycles. The van der Waals surface area contributed by atoms with E-state index in [4.69, 9.17) is 9.97 Å². The van der Waals surface area contributed by atoms with Crippen molar-refractivity contribution in [3.8, 4) is 0 Å². The minimum absolute atomic E-state index is 0.113. The van der Waals surface area contributed by atoms with E-state index in [1.165, 1.54) is 23.8 Å². The molecule has 1 heterocycles. The summed E-state index contributed by atoms with van der Waals surface area (Å²) in [4.78, 5) is 23.7. The average molecular weight is 519 g/mol. The zero-order chi connectivity index (χ0) is 26.7. The summed E-state index contributed by atoms with van der Waals surface area (Å²) in [6.45, 7) is 2.79. The van der Waals surface area contributed by atoms with E-state index in [0.717, 1.165) is 61.1 Å². The molecule has 0 unspecified atom stereocenters. The lowest BCUT2D eigenvalue weighted by Gasteiger charge is -2.32. The minimum Gasteiger partial charge on any atom is -0.351 e. The standard InChI is InChI=1S/C34H38N4O/c1-24-16-18-28(19-17-24)37-33-36-23-30(31(38-33)34(20-7-8-21-34)27-13-3-2-4-14-27)32(39)35-22-26-12-9-11-25-10-5-6-15-29(25)26/h2-6,9-15,23-24,28H,7-8,16-22H2,1H3,(H,35,39)(H,36,37,38). The number of hydrogen-bond donors (Lipinski definition) is 2. The maximum atomic E-state index is 13.8. The van der Waals surface area contributed by atoms with E-state index in [9.17, 15) is 4.79 Å². The Bertz CT molecular complexity index is 1430. The highest BCUT2D eigenvalue weighted by Gasteiger charge is 2.42. The van der Waals surface area contributed by atoms with Crippen molar-refractivity contribution in [2.24, 2.45) is 5.92 Å². The Morgan fingerprint density at radius 3 is 2.41 bits per heavy atom. The number of carbonyl (C=O) groups excluding carboxylic acids is 1. The zero-order valence-electron chi connectivity index (χ0n) is 22.8. The molecule has 0 radical (unpaired) electrons. The lowest BCUT2D eigenvalue weighted by Crippen LogP contribution is -2.33. The van der Waals surface area contributed by atoms with Gasteiger partial charge in [-0.3, -0.25) is 4.79 Å². The second-order valence-electron chi connectivity index (χ2n) is 11.5. The van der Waals surface area contributed by atoms with E-state index in [0.29, 0.717) is 24.1 Å². The first-order valence-electron chi connectivity index (χ1n) is 14.6. The van der Waals surface area contributed by atoms with E-state index in [1.54, 1.807) is 6.20 Å². The van der Waals surface area contributed by atoms with Gasteiger partial charge in [-0.05, 0) is 66.3 Å². The van der Waals surface area contributed by atoms with Crippen LogP contribution in [0.4, 0.5) is 5.95 Å². The molecule has 2 N–H and O–H groups in total. The van der Waals surface area contributed by atoms with Crippen molar-refractivity contribution < 1.29 is 4.79 Å². The highest BCUT2D eigenvalue weighted by atomic mass is 16.1. The highest BCUT2D eigenvalue weighted by molar-refractivity contribution is 5.96. The van der Waals surface area contributed by atoms with Crippen molar-refractivity contribution in [1.29, 1.82) is 0 Å². The molecule has 2 aliphatic rings. The second kappa shape index (κ2) is 11.2. The number of aromatic nitrogens is 2. The molecule has 0 spiro atoms. The van der Waals surface area contributed by atoms with E-state index in [1.807, 2.05) is 18.2 Å². The third-order valence-corrected chi connectivity index (χ3v) is 8.94. The van der Waals surface area contributed by atoms with Crippen molar-refractivity contribution in [3.05, 3.63) is 101 Å². The summed E-state index contributed by atoms with van der Waals surface area (Å²) in [6, 6.07) is 25.6. The molecule has 3 aromatic carbocycles. The van der Waals surface area contributed by atoms with Gasteiger partial charge >= 0.3 is 0 Å². The van der Waals surface area contributed by atoms with E-state index < -0.39 is 0 Å².